The number of carbonyl (C=O) groups excluding carboxylic acids is 1. The van der Waals surface area contributed by atoms with E-state index in [9.17, 15) is 14.3 Å². The number of hydrogen-bond acceptors (Lipinski definition) is 12. The second-order valence-electron chi connectivity index (χ2n) is 11.7. The van der Waals surface area contributed by atoms with Crippen molar-refractivity contribution in [3.05, 3.63) is 35.9 Å². The topological polar surface area (TPSA) is 156 Å². The van der Waals surface area contributed by atoms with Crippen LogP contribution in [0.15, 0.2) is 23.9 Å². The van der Waals surface area contributed by atoms with Gasteiger partial charge in [-0.15, -0.1) is 0 Å². The van der Waals surface area contributed by atoms with Crippen LogP contribution in [0, 0.1) is 16.1 Å². The molecule has 4 aliphatic heterocycles. The average Bonchev–Trinajstić information content (AvgIpc) is 3.43. The van der Waals surface area contributed by atoms with Gasteiger partial charge in [-0.25, -0.2) is 19.0 Å². The first-order valence-corrected chi connectivity index (χ1v) is 16.6. The number of nitrogens with zero attached hydrogens (tertiary/aromatic N) is 9. The van der Waals surface area contributed by atoms with Crippen molar-refractivity contribution in [3.63, 3.8) is 0 Å². The number of piperazine rings is 1. The zero-order valence-electron chi connectivity index (χ0n) is 24.6. The SMILES string of the molecule is C=CC(=O)N1CCN(c2nc(OC[C@@H]3CCCN3C)nc3c2CCN(c2ncnc4c2S(=N)(=O)CCC4)C3)C[C@@H]1CC#N. The maximum Gasteiger partial charge on any atom is 0.318 e. The fraction of sp³-hybridized carbons (Fsp3) is 0.586. The van der Waals surface area contributed by atoms with E-state index in [4.69, 9.17) is 19.5 Å². The highest BCUT2D eigenvalue weighted by Crippen LogP contribution is 2.36. The van der Waals surface area contributed by atoms with E-state index in [0.717, 1.165) is 36.5 Å². The number of nitrogens with one attached hydrogen (secondary N) is 1. The van der Waals surface area contributed by atoms with Crippen LogP contribution in [0.3, 0.4) is 0 Å². The first-order valence-electron chi connectivity index (χ1n) is 14.9. The molecule has 6 rings (SSSR count). The number of nitriles is 1. The minimum Gasteiger partial charge on any atom is -0.462 e. The molecule has 2 aromatic rings. The quantitative estimate of drug-likeness (QED) is 0.459. The first kappa shape index (κ1) is 29.3. The molecular weight excluding hydrogens is 568 g/mol. The van der Waals surface area contributed by atoms with Gasteiger partial charge in [0.2, 0.25) is 5.91 Å². The Morgan fingerprint density at radius 2 is 2.00 bits per heavy atom. The van der Waals surface area contributed by atoms with Crippen molar-refractivity contribution in [1.82, 2.24) is 29.7 Å². The van der Waals surface area contributed by atoms with Crippen molar-refractivity contribution < 1.29 is 13.7 Å². The summed E-state index contributed by atoms with van der Waals surface area (Å²) in [4.78, 5) is 39.9. The number of ether oxygens (including phenoxy) is 1. The maximum atomic E-state index is 13.3. The lowest BCUT2D eigenvalue weighted by molar-refractivity contribution is -0.128. The summed E-state index contributed by atoms with van der Waals surface area (Å²) >= 11 is 0. The van der Waals surface area contributed by atoms with E-state index in [1.807, 2.05) is 4.90 Å². The Hall–Kier alpha value is -3.83. The van der Waals surface area contributed by atoms with Crippen LogP contribution in [0.4, 0.5) is 11.6 Å². The van der Waals surface area contributed by atoms with E-state index in [1.54, 1.807) is 4.90 Å². The third kappa shape index (κ3) is 5.75. The predicted octanol–water partition coefficient (Wildman–Crippen LogP) is 1.77. The molecule has 2 saturated heterocycles. The van der Waals surface area contributed by atoms with Gasteiger partial charge in [0.15, 0.2) is 0 Å². The van der Waals surface area contributed by atoms with E-state index >= 15 is 0 Å². The van der Waals surface area contributed by atoms with Crippen molar-refractivity contribution in [2.24, 2.45) is 0 Å². The lowest BCUT2D eigenvalue weighted by atomic mass is 10.0. The molecule has 2 aromatic heterocycles. The summed E-state index contributed by atoms with van der Waals surface area (Å²) in [5.41, 5.74) is 2.49. The zero-order valence-corrected chi connectivity index (χ0v) is 25.4. The number of fused-ring (bicyclic) bond motifs is 2. The standard InChI is InChI=1S/C29H38N10O3S/c1-3-25(40)39-14-13-38(16-20(39)8-10-30)27-22-9-12-37(28-26-23(32-19-33-28)7-5-15-43(26,31)41)17-24(22)34-29(35-27)42-18-21-6-4-11-36(21)2/h3,19-21,31H,1,4-9,11-18H2,2H3/t20-,21-,43?/m0/s1. The Balaban J connectivity index is 1.34. The second kappa shape index (κ2) is 12.0. The maximum absolute atomic E-state index is 13.3. The molecule has 43 heavy (non-hydrogen) atoms. The molecule has 0 aromatic carbocycles. The van der Waals surface area contributed by atoms with Crippen LogP contribution in [0.25, 0.3) is 0 Å². The largest absolute Gasteiger partial charge is 0.462 e. The number of likely N-dealkylation sites (N-methyl/N-ethyl adjacent to an activating group) is 1. The highest BCUT2D eigenvalue weighted by Gasteiger charge is 2.35. The monoisotopic (exact) mass is 606 g/mol. The van der Waals surface area contributed by atoms with Gasteiger partial charge >= 0.3 is 6.01 Å². The molecule has 13 nitrogen and oxygen atoms in total. The zero-order chi connectivity index (χ0) is 30.1. The van der Waals surface area contributed by atoms with Crippen molar-refractivity contribution in [1.29, 1.82) is 10.0 Å². The molecule has 2 fully saturated rings. The highest BCUT2D eigenvalue weighted by atomic mass is 32.2. The van der Waals surface area contributed by atoms with Gasteiger partial charge in [0.1, 0.15) is 29.5 Å². The van der Waals surface area contributed by atoms with Gasteiger partial charge in [0.25, 0.3) is 0 Å². The number of likely N-dealkylation sites (tertiary alicyclic amines) is 1. The van der Waals surface area contributed by atoms with Crippen LogP contribution < -0.4 is 14.5 Å². The fourth-order valence-corrected chi connectivity index (χ4v) is 8.44. The fourth-order valence-electron chi connectivity index (χ4n) is 6.68. The molecule has 6 heterocycles. The Morgan fingerprint density at radius 3 is 2.77 bits per heavy atom. The van der Waals surface area contributed by atoms with Crippen LogP contribution in [0.1, 0.15) is 42.6 Å². The van der Waals surface area contributed by atoms with Gasteiger partial charge in [-0.05, 0) is 51.8 Å². The average molecular weight is 607 g/mol. The molecule has 228 valence electrons. The number of anilines is 2. The van der Waals surface area contributed by atoms with Gasteiger partial charge in [0, 0.05) is 43.5 Å². The number of aryl methyl sites for hydroxylation is 1. The van der Waals surface area contributed by atoms with Crippen molar-refractivity contribution in [2.45, 2.75) is 62.0 Å². The lowest BCUT2D eigenvalue weighted by Crippen LogP contribution is -2.55. The van der Waals surface area contributed by atoms with Crippen LogP contribution in [0.2, 0.25) is 0 Å². The van der Waals surface area contributed by atoms with Gasteiger partial charge in [-0.1, -0.05) is 6.58 Å². The number of amides is 1. The number of aromatic nitrogens is 4. The van der Waals surface area contributed by atoms with Gasteiger partial charge < -0.3 is 24.3 Å². The molecule has 1 N–H and O–H groups in total. The van der Waals surface area contributed by atoms with Crippen LogP contribution >= 0.6 is 0 Å². The van der Waals surface area contributed by atoms with Gasteiger partial charge in [-0.2, -0.15) is 15.2 Å². The lowest BCUT2D eigenvalue weighted by Gasteiger charge is -2.42. The molecule has 0 saturated carbocycles. The third-order valence-corrected chi connectivity index (χ3v) is 10.9. The molecule has 0 aliphatic carbocycles. The van der Waals surface area contributed by atoms with E-state index in [0.29, 0.717) is 92.8 Å². The summed E-state index contributed by atoms with van der Waals surface area (Å²) in [5.74, 6) is 1.46. The summed E-state index contributed by atoms with van der Waals surface area (Å²) in [6.07, 6.45) is 7.18. The molecule has 0 bridgehead atoms. The molecule has 4 aliphatic rings. The second-order valence-corrected chi connectivity index (χ2v) is 13.8. The van der Waals surface area contributed by atoms with E-state index in [-0.39, 0.29) is 18.4 Å². The minimum absolute atomic E-state index is 0.177. The summed E-state index contributed by atoms with van der Waals surface area (Å²) in [6.45, 7) is 7.62. The van der Waals surface area contributed by atoms with E-state index in [2.05, 4.69) is 39.5 Å². The Bertz CT molecular complexity index is 1560. The number of rotatable bonds is 7. The van der Waals surface area contributed by atoms with Crippen LogP contribution in [-0.4, -0.2) is 104 Å². The van der Waals surface area contributed by atoms with Gasteiger partial charge in [-0.3, -0.25) is 4.79 Å². The molecule has 3 atom stereocenters. The minimum atomic E-state index is -2.98. The summed E-state index contributed by atoms with van der Waals surface area (Å²) in [6, 6.07) is 2.54. The van der Waals surface area contributed by atoms with Crippen LogP contribution in [0.5, 0.6) is 6.01 Å². The molecule has 0 spiro atoms. The molecule has 1 unspecified atom stereocenters. The molecule has 1 amide bonds. The summed E-state index contributed by atoms with van der Waals surface area (Å²) in [5, 5.41) is 9.51. The molecular formula is C29H38N10O3S. The molecule has 0 radical (unpaired) electrons. The van der Waals surface area contributed by atoms with Crippen molar-refractivity contribution in [2.75, 3.05) is 61.9 Å². The highest BCUT2D eigenvalue weighted by molar-refractivity contribution is 7.92. The Labute approximate surface area is 252 Å². The first-order chi connectivity index (χ1) is 20.8. The van der Waals surface area contributed by atoms with E-state index < -0.39 is 9.73 Å². The predicted molar refractivity (Wildman–Crippen MR) is 160 cm³/mol. The number of hydrogen-bond donors (Lipinski definition) is 1. The third-order valence-electron chi connectivity index (χ3n) is 9.00. The summed E-state index contributed by atoms with van der Waals surface area (Å²) in [7, 11) is -0.884. The van der Waals surface area contributed by atoms with Crippen LogP contribution in [-0.2, 0) is 33.9 Å². The normalized spacial score (nSPS) is 25.5. The Kier molecular flexibility index (Phi) is 8.19. The molecule has 14 heteroatoms. The summed E-state index contributed by atoms with van der Waals surface area (Å²) < 4.78 is 28.1. The van der Waals surface area contributed by atoms with E-state index in [1.165, 1.54) is 12.4 Å². The number of carbonyl (C=O) groups is 1. The van der Waals surface area contributed by atoms with Crippen molar-refractivity contribution >= 4 is 27.3 Å². The Morgan fingerprint density at radius 1 is 1.14 bits per heavy atom. The smallest absolute Gasteiger partial charge is 0.318 e. The van der Waals surface area contributed by atoms with Gasteiger partial charge in [0.05, 0.1) is 46.2 Å². The van der Waals surface area contributed by atoms with Crippen molar-refractivity contribution in [3.8, 4) is 12.1 Å².